The normalized spacial score (nSPS) is 11.9. The van der Waals surface area contributed by atoms with Crippen molar-refractivity contribution in [2.75, 3.05) is 13.2 Å². The summed E-state index contributed by atoms with van der Waals surface area (Å²) in [6.45, 7) is 5.78. The summed E-state index contributed by atoms with van der Waals surface area (Å²) in [5, 5.41) is 0. The Labute approximate surface area is 117 Å². The average molecular weight is 298 g/mol. The SMILES string of the molecule is CCCCCCOP(=S)(S)OCCCCCC. The zero-order valence-electron chi connectivity index (χ0n) is 11.2. The second kappa shape index (κ2) is 12.0. The number of hydrogen-bond donors (Lipinski definition) is 1. The van der Waals surface area contributed by atoms with Crippen molar-refractivity contribution < 1.29 is 9.05 Å². The number of hydrogen-bond acceptors (Lipinski definition) is 3. The van der Waals surface area contributed by atoms with Crippen LogP contribution in [-0.2, 0) is 20.9 Å². The summed E-state index contributed by atoms with van der Waals surface area (Å²) in [7, 11) is 0. The first-order valence-corrected chi connectivity index (χ1v) is 10.5. The molecule has 0 saturated heterocycles. The summed E-state index contributed by atoms with van der Waals surface area (Å²) in [5.74, 6) is 0. The van der Waals surface area contributed by atoms with E-state index in [-0.39, 0.29) is 0 Å². The second-order valence-electron chi connectivity index (χ2n) is 4.26. The molecule has 0 aliphatic carbocycles. The van der Waals surface area contributed by atoms with Gasteiger partial charge in [-0.25, -0.2) is 0 Å². The summed E-state index contributed by atoms with van der Waals surface area (Å²) in [6, 6.07) is 0. The van der Waals surface area contributed by atoms with Gasteiger partial charge in [-0.05, 0) is 24.6 Å². The van der Waals surface area contributed by atoms with Crippen molar-refractivity contribution >= 4 is 29.7 Å². The van der Waals surface area contributed by atoms with E-state index in [1.54, 1.807) is 0 Å². The van der Waals surface area contributed by atoms with Gasteiger partial charge < -0.3 is 9.05 Å². The molecule has 0 fully saturated rings. The standard InChI is InChI=1S/C12H27O2PS2/c1-3-5-7-9-11-13-15(16,17)14-12-10-8-6-4-2/h3-12H2,1-2H3,(H,16,17). The summed E-state index contributed by atoms with van der Waals surface area (Å²) >= 11 is 9.55. The lowest BCUT2D eigenvalue weighted by atomic mass is 10.2. The van der Waals surface area contributed by atoms with Gasteiger partial charge in [0, 0.05) is 0 Å². The average Bonchev–Trinajstić information content (AvgIpc) is 2.28. The molecule has 0 unspecified atom stereocenters. The molecule has 0 aromatic rings. The van der Waals surface area contributed by atoms with Gasteiger partial charge in [-0.3, -0.25) is 0 Å². The fourth-order valence-electron chi connectivity index (χ4n) is 1.45. The van der Waals surface area contributed by atoms with Crippen LogP contribution < -0.4 is 0 Å². The van der Waals surface area contributed by atoms with Crippen LogP contribution in [-0.4, -0.2) is 13.2 Å². The van der Waals surface area contributed by atoms with Crippen molar-refractivity contribution in [3.63, 3.8) is 0 Å². The molecule has 0 saturated carbocycles. The van der Waals surface area contributed by atoms with Crippen LogP contribution in [0.3, 0.4) is 0 Å². The smallest absolute Gasteiger partial charge is 0.244 e. The predicted octanol–water partition coefficient (Wildman–Crippen LogP) is 5.33. The van der Waals surface area contributed by atoms with E-state index in [0.29, 0.717) is 13.2 Å². The Morgan fingerprint density at radius 3 is 1.59 bits per heavy atom. The number of rotatable bonds is 12. The van der Waals surface area contributed by atoms with E-state index in [1.165, 1.54) is 38.5 Å². The van der Waals surface area contributed by atoms with E-state index < -0.39 is 5.69 Å². The maximum atomic E-state index is 5.55. The van der Waals surface area contributed by atoms with E-state index in [0.717, 1.165) is 12.8 Å². The van der Waals surface area contributed by atoms with E-state index in [4.69, 9.17) is 20.9 Å². The van der Waals surface area contributed by atoms with E-state index in [1.807, 2.05) is 0 Å². The van der Waals surface area contributed by atoms with Crippen LogP contribution in [0.4, 0.5) is 0 Å². The Morgan fingerprint density at radius 1 is 0.824 bits per heavy atom. The summed E-state index contributed by atoms with van der Waals surface area (Å²) < 4.78 is 11.1. The Kier molecular flexibility index (Phi) is 12.6. The number of thiol groups is 1. The van der Waals surface area contributed by atoms with Crippen molar-refractivity contribution in [2.24, 2.45) is 0 Å². The Morgan fingerprint density at radius 2 is 1.24 bits per heavy atom. The highest BCUT2D eigenvalue weighted by Crippen LogP contribution is 2.53. The van der Waals surface area contributed by atoms with Crippen LogP contribution in [0.2, 0.25) is 0 Å². The van der Waals surface area contributed by atoms with Crippen molar-refractivity contribution in [2.45, 2.75) is 65.2 Å². The minimum Gasteiger partial charge on any atom is -0.322 e. The van der Waals surface area contributed by atoms with Gasteiger partial charge >= 0.3 is 0 Å². The second-order valence-corrected chi connectivity index (χ2v) is 9.54. The highest BCUT2D eigenvalue weighted by molar-refractivity contribution is 8.60. The zero-order chi connectivity index (χ0) is 13.0. The summed E-state index contributed by atoms with van der Waals surface area (Å²) in [6.07, 6.45) is 9.53. The third kappa shape index (κ3) is 13.2. The van der Waals surface area contributed by atoms with E-state index in [2.05, 4.69) is 26.1 Å². The highest BCUT2D eigenvalue weighted by atomic mass is 32.9. The van der Waals surface area contributed by atoms with Gasteiger partial charge in [-0.2, -0.15) is 0 Å². The lowest BCUT2D eigenvalue weighted by Crippen LogP contribution is -1.95. The fraction of sp³-hybridized carbons (Fsp3) is 1.00. The summed E-state index contributed by atoms with van der Waals surface area (Å²) in [5.41, 5.74) is -2.26. The van der Waals surface area contributed by atoms with Crippen LogP contribution >= 0.6 is 17.9 Å². The van der Waals surface area contributed by atoms with Gasteiger partial charge in [-0.15, -0.1) is 0 Å². The molecule has 0 heterocycles. The predicted molar refractivity (Wildman–Crippen MR) is 83.5 cm³/mol. The van der Waals surface area contributed by atoms with Crippen LogP contribution in [0.1, 0.15) is 65.2 Å². The molecule has 0 bridgehead atoms. The van der Waals surface area contributed by atoms with Gasteiger partial charge in [0.1, 0.15) is 0 Å². The molecule has 5 heteroatoms. The largest absolute Gasteiger partial charge is 0.322 e. The van der Waals surface area contributed by atoms with E-state index >= 15 is 0 Å². The maximum absolute atomic E-state index is 5.55. The minimum atomic E-state index is -2.26. The molecule has 0 radical (unpaired) electrons. The van der Waals surface area contributed by atoms with Crippen molar-refractivity contribution in [1.82, 2.24) is 0 Å². The van der Waals surface area contributed by atoms with Gasteiger partial charge in [0.15, 0.2) is 0 Å². The van der Waals surface area contributed by atoms with Gasteiger partial charge in [0.05, 0.1) is 13.2 Å². The molecule has 17 heavy (non-hydrogen) atoms. The molecule has 0 atom stereocenters. The van der Waals surface area contributed by atoms with Crippen LogP contribution in [0.5, 0.6) is 0 Å². The van der Waals surface area contributed by atoms with Gasteiger partial charge in [0.2, 0.25) is 5.69 Å². The minimum absolute atomic E-state index is 0.690. The number of unbranched alkanes of at least 4 members (excludes halogenated alkanes) is 6. The molecule has 0 N–H and O–H groups in total. The molecule has 0 aliphatic rings. The quantitative estimate of drug-likeness (QED) is 0.298. The topological polar surface area (TPSA) is 18.5 Å². The van der Waals surface area contributed by atoms with Crippen molar-refractivity contribution in [3.05, 3.63) is 0 Å². The Bertz CT molecular complexity index is 195. The molecule has 104 valence electrons. The summed E-state index contributed by atoms with van der Waals surface area (Å²) in [4.78, 5) is 0. The first-order valence-electron chi connectivity index (χ1n) is 6.74. The molecule has 2 nitrogen and oxygen atoms in total. The van der Waals surface area contributed by atoms with Crippen molar-refractivity contribution in [3.8, 4) is 0 Å². The van der Waals surface area contributed by atoms with Crippen molar-refractivity contribution in [1.29, 1.82) is 0 Å². The van der Waals surface area contributed by atoms with Gasteiger partial charge in [-0.1, -0.05) is 64.6 Å². The monoisotopic (exact) mass is 298 g/mol. The Balaban J connectivity index is 3.42. The third-order valence-corrected chi connectivity index (χ3v) is 4.85. The van der Waals surface area contributed by atoms with Crippen LogP contribution in [0, 0.1) is 0 Å². The molecule has 0 aliphatic heterocycles. The third-order valence-electron chi connectivity index (χ3n) is 2.50. The highest BCUT2D eigenvalue weighted by Gasteiger charge is 2.11. The maximum Gasteiger partial charge on any atom is 0.244 e. The zero-order valence-corrected chi connectivity index (χ0v) is 13.8. The fourth-order valence-corrected chi connectivity index (χ4v) is 3.19. The molecule has 0 spiro atoms. The molecule has 0 aromatic carbocycles. The van der Waals surface area contributed by atoms with Gasteiger partial charge in [0.25, 0.3) is 0 Å². The van der Waals surface area contributed by atoms with E-state index in [9.17, 15) is 0 Å². The molecule has 0 rings (SSSR count). The molecular weight excluding hydrogens is 271 g/mol. The Hall–Kier alpha value is 0.920. The lowest BCUT2D eigenvalue weighted by molar-refractivity contribution is 0.250. The van der Waals surface area contributed by atoms with Crippen LogP contribution in [0.25, 0.3) is 0 Å². The molecule has 0 aromatic heterocycles. The lowest BCUT2D eigenvalue weighted by Gasteiger charge is -2.16. The first kappa shape index (κ1) is 17.9. The molecular formula is C12H27O2PS2. The first-order chi connectivity index (χ1) is 8.12. The van der Waals surface area contributed by atoms with Crippen LogP contribution in [0.15, 0.2) is 0 Å². The molecule has 0 amide bonds.